The number of rotatable bonds is 7. The zero-order valence-electron chi connectivity index (χ0n) is 15.9. The van der Waals surface area contributed by atoms with Crippen LogP contribution < -0.4 is 0 Å². The molecule has 2 rings (SSSR count). The maximum atomic E-state index is 12.6. The van der Waals surface area contributed by atoms with Gasteiger partial charge < -0.3 is 10.0 Å². The molecule has 1 aromatic heterocycles. The van der Waals surface area contributed by atoms with Crippen molar-refractivity contribution in [3.8, 4) is 5.75 Å². The van der Waals surface area contributed by atoms with Gasteiger partial charge >= 0.3 is 0 Å². The van der Waals surface area contributed by atoms with E-state index in [9.17, 15) is 9.90 Å². The van der Waals surface area contributed by atoms with Crippen LogP contribution in [-0.2, 0) is 24.2 Å². The highest BCUT2D eigenvalue weighted by Gasteiger charge is 2.18. The number of aromatic nitrogens is 2. The highest BCUT2D eigenvalue weighted by atomic mass is 16.3. The molecule has 1 amide bonds. The normalized spacial score (nSPS) is 11.1. The lowest BCUT2D eigenvalue weighted by Crippen LogP contribution is -2.30. The number of para-hydroxylation sites is 1. The Kier molecular flexibility index (Phi) is 6.23. The van der Waals surface area contributed by atoms with Crippen LogP contribution in [0.2, 0.25) is 0 Å². The third kappa shape index (κ3) is 4.84. The maximum Gasteiger partial charge on any atom is 0.226 e. The molecule has 5 nitrogen and oxygen atoms in total. The molecular formula is C20H29N3O2. The lowest BCUT2D eigenvalue weighted by molar-refractivity contribution is -0.129. The molecule has 1 N–H and O–H groups in total. The first-order valence-corrected chi connectivity index (χ1v) is 8.83. The Morgan fingerprint density at radius 1 is 1.28 bits per heavy atom. The van der Waals surface area contributed by atoms with Gasteiger partial charge in [-0.1, -0.05) is 32.0 Å². The number of hydrogen-bond donors (Lipinski definition) is 1. The van der Waals surface area contributed by atoms with Crippen LogP contribution in [0, 0.1) is 19.8 Å². The number of likely N-dealkylation sites (N-methyl/N-ethyl adjacent to an activating group) is 1. The standard InChI is InChI=1S/C20H29N3O2/c1-14(2)13-23-16(4)18(15(3)21-23)12-20(25)22(5)11-10-17-8-6-7-9-19(17)24/h6-9,14,24H,10-13H2,1-5H3. The lowest BCUT2D eigenvalue weighted by Gasteiger charge is -2.18. The van der Waals surface area contributed by atoms with Crippen molar-refractivity contribution < 1.29 is 9.90 Å². The monoisotopic (exact) mass is 343 g/mol. The van der Waals surface area contributed by atoms with Crippen LogP contribution in [-0.4, -0.2) is 39.3 Å². The number of aromatic hydroxyl groups is 1. The van der Waals surface area contributed by atoms with Crippen molar-refractivity contribution in [1.29, 1.82) is 0 Å². The highest BCUT2D eigenvalue weighted by molar-refractivity contribution is 5.79. The van der Waals surface area contributed by atoms with Gasteiger partial charge in [0.05, 0.1) is 12.1 Å². The molecule has 0 saturated heterocycles. The maximum absolute atomic E-state index is 12.6. The van der Waals surface area contributed by atoms with Crippen LogP contribution in [0.3, 0.4) is 0 Å². The van der Waals surface area contributed by atoms with Crippen LogP contribution in [0.1, 0.15) is 36.4 Å². The zero-order chi connectivity index (χ0) is 18.6. The molecule has 1 heterocycles. The number of phenols is 1. The number of phenolic OH excluding ortho intramolecular Hbond substituents is 1. The molecule has 0 unspecified atom stereocenters. The SMILES string of the molecule is Cc1nn(CC(C)C)c(C)c1CC(=O)N(C)CCc1ccccc1O. The minimum absolute atomic E-state index is 0.0747. The highest BCUT2D eigenvalue weighted by Crippen LogP contribution is 2.18. The number of carbonyl (C=O) groups excluding carboxylic acids is 1. The van der Waals surface area contributed by atoms with E-state index in [2.05, 4.69) is 18.9 Å². The Bertz CT molecular complexity index is 735. The van der Waals surface area contributed by atoms with Gasteiger partial charge in [-0.05, 0) is 37.8 Å². The minimum atomic E-state index is 0.0747. The van der Waals surface area contributed by atoms with Crippen molar-refractivity contribution in [2.45, 2.75) is 47.1 Å². The fraction of sp³-hybridized carbons (Fsp3) is 0.500. The Labute approximate surface area is 150 Å². The second-order valence-corrected chi connectivity index (χ2v) is 7.10. The van der Waals surface area contributed by atoms with E-state index in [0.29, 0.717) is 25.3 Å². The van der Waals surface area contributed by atoms with Crippen LogP contribution >= 0.6 is 0 Å². The van der Waals surface area contributed by atoms with Crippen molar-refractivity contribution in [2.24, 2.45) is 5.92 Å². The van der Waals surface area contributed by atoms with Gasteiger partial charge in [-0.15, -0.1) is 0 Å². The predicted octanol–water partition coefficient (Wildman–Crippen LogP) is 3.11. The topological polar surface area (TPSA) is 58.4 Å². The van der Waals surface area contributed by atoms with Crippen molar-refractivity contribution >= 4 is 5.91 Å². The van der Waals surface area contributed by atoms with Gasteiger partial charge in [-0.2, -0.15) is 5.10 Å². The van der Waals surface area contributed by atoms with Crippen LogP contribution in [0.5, 0.6) is 5.75 Å². The van der Waals surface area contributed by atoms with Gasteiger partial charge in [0.1, 0.15) is 5.75 Å². The fourth-order valence-electron chi connectivity index (χ4n) is 2.93. The minimum Gasteiger partial charge on any atom is -0.508 e. The second-order valence-electron chi connectivity index (χ2n) is 7.10. The summed E-state index contributed by atoms with van der Waals surface area (Å²) < 4.78 is 2.00. The summed E-state index contributed by atoms with van der Waals surface area (Å²) in [5.41, 5.74) is 3.90. The number of amides is 1. The molecule has 0 spiro atoms. The first-order chi connectivity index (χ1) is 11.8. The van der Waals surface area contributed by atoms with Gasteiger partial charge in [0.15, 0.2) is 0 Å². The summed E-state index contributed by atoms with van der Waals surface area (Å²) in [4.78, 5) is 14.3. The zero-order valence-corrected chi connectivity index (χ0v) is 15.9. The van der Waals surface area contributed by atoms with Gasteiger partial charge in [0.25, 0.3) is 0 Å². The molecule has 0 saturated carbocycles. The van der Waals surface area contributed by atoms with E-state index < -0.39 is 0 Å². The molecule has 0 aliphatic rings. The van der Waals surface area contributed by atoms with Crippen LogP contribution in [0.15, 0.2) is 24.3 Å². The molecular weight excluding hydrogens is 314 g/mol. The third-order valence-electron chi connectivity index (χ3n) is 4.53. The molecule has 136 valence electrons. The Hall–Kier alpha value is -2.30. The third-order valence-corrected chi connectivity index (χ3v) is 4.53. The Morgan fingerprint density at radius 3 is 2.60 bits per heavy atom. The van der Waals surface area contributed by atoms with Gasteiger partial charge in [0, 0.05) is 31.4 Å². The van der Waals surface area contributed by atoms with E-state index in [-0.39, 0.29) is 11.7 Å². The summed E-state index contributed by atoms with van der Waals surface area (Å²) >= 11 is 0. The van der Waals surface area contributed by atoms with Crippen molar-refractivity contribution in [2.75, 3.05) is 13.6 Å². The number of carbonyl (C=O) groups is 1. The average Bonchev–Trinajstić information content (AvgIpc) is 2.80. The number of aryl methyl sites for hydroxylation is 1. The molecule has 25 heavy (non-hydrogen) atoms. The lowest BCUT2D eigenvalue weighted by atomic mass is 10.1. The van der Waals surface area contributed by atoms with Crippen molar-refractivity contribution in [3.05, 3.63) is 46.8 Å². The molecule has 0 radical (unpaired) electrons. The Balaban J connectivity index is 1.99. The van der Waals surface area contributed by atoms with Gasteiger partial charge in [-0.3, -0.25) is 9.48 Å². The summed E-state index contributed by atoms with van der Waals surface area (Å²) in [5, 5.41) is 14.4. The molecule has 5 heteroatoms. The fourth-order valence-corrected chi connectivity index (χ4v) is 2.93. The quantitative estimate of drug-likeness (QED) is 0.840. The first kappa shape index (κ1) is 19.0. The Morgan fingerprint density at radius 2 is 1.96 bits per heavy atom. The van der Waals surface area contributed by atoms with Crippen LogP contribution in [0.25, 0.3) is 0 Å². The van der Waals surface area contributed by atoms with E-state index in [4.69, 9.17) is 0 Å². The summed E-state index contributed by atoms with van der Waals surface area (Å²) in [7, 11) is 1.81. The number of hydrogen-bond acceptors (Lipinski definition) is 3. The largest absolute Gasteiger partial charge is 0.508 e. The van der Waals surface area contributed by atoms with E-state index in [1.807, 2.05) is 37.7 Å². The van der Waals surface area contributed by atoms with Crippen LogP contribution in [0.4, 0.5) is 0 Å². The molecule has 2 aromatic rings. The van der Waals surface area contributed by atoms with E-state index >= 15 is 0 Å². The van der Waals surface area contributed by atoms with Crippen molar-refractivity contribution in [1.82, 2.24) is 14.7 Å². The summed E-state index contributed by atoms with van der Waals surface area (Å²) in [6, 6.07) is 7.26. The molecule has 0 atom stereocenters. The number of nitrogens with zero attached hydrogens (tertiary/aromatic N) is 3. The summed E-state index contributed by atoms with van der Waals surface area (Å²) in [5.74, 6) is 0.874. The molecule has 0 aliphatic carbocycles. The molecule has 0 aliphatic heterocycles. The molecule has 0 fully saturated rings. The predicted molar refractivity (Wildman–Crippen MR) is 99.7 cm³/mol. The summed E-state index contributed by atoms with van der Waals surface area (Å²) in [6.45, 7) is 9.77. The van der Waals surface area contributed by atoms with Gasteiger partial charge in [-0.25, -0.2) is 0 Å². The summed E-state index contributed by atoms with van der Waals surface area (Å²) in [6.07, 6.45) is 1.01. The average molecular weight is 343 g/mol. The molecule has 0 bridgehead atoms. The molecule has 1 aromatic carbocycles. The van der Waals surface area contributed by atoms with E-state index in [1.54, 1.807) is 17.0 Å². The van der Waals surface area contributed by atoms with E-state index in [1.165, 1.54) is 0 Å². The van der Waals surface area contributed by atoms with E-state index in [0.717, 1.165) is 29.1 Å². The smallest absolute Gasteiger partial charge is 0.226 e. The van der Waals surface area contributed by atoms with Gasteiger partial charge in [0.2, 0.25) is 5.91 Å². The second kappa shape index (κ2) is 8.19. The van der Waals surface area contributed by atoms with Crippen molar-refractivity contribution in [3.63, 3.8) is 0 Å². The number of benzene rings is 1. The first-order valence-electron chi connectivity index (χ1n) is 8.83.